The molecule has 0 aliphatic heterocycles. The second-order valence-corrected chi connectivity index (χ2v) is 6.85. The lowest BCUT2D eigenvalue weighted by molar-refractivity contribution is -0.676. The molecule has 0 saturated heterocycles. The number of hydrogen-bond donors (Lipinski definition) is 2. The number of carbonyl (C=O) groups excluding carboxylic acids is 1. The Hall–Kier alpha value is -2.69. The van der Waals surface area contributed by atoms with Gasteiger partial charge in [-0.2, -0.15) is 0 Å². The van der Waals surface area contributed by atoms with Crippen molar-refractivity contribution in [2.75, 3.05) is 11.9 Å². The Morgan fingerprint density at radius 1 is 1.04 bits per heavy atom. The quantitative estimate of drug-likeness (QED) is 0.662. The summed E-state index contributed by atoms with van der Waals surface area (Å²) in [5.74, 6) is -0.821. The van der Waals surface area contributed by atoms with Gasteiger partial charge in [-0.05, 0) is 25.1 Å². The molecule has 1 atom stereocenters. The molecule has 3 aromatic carbocycles. The number of anilines is 1. The number of benzene rings is 3. The van der Waals surface area contributed by atoms with E-state index in [2.05, 4.69) is 29.6 Å². The van der Waals surface area contributed by atoms with Crippen LogP contribution in [0.25, 0.3) is 0 Å². The number of halogens is 2. The minimum atomic E-state index is -0.547. The Bertz CT molecular complexity index is 913. The zero-order valence-corrected chi connectivity index (χ0v) is 15.7. The van der Waals surface area contributed by atoms with Crippen LogP contribution in [-0.2, 0) is 4.79 Å². The van der Waals surface area contributed by atoms with E-state index in [0.717, 1.165) is 11.1 Å². The SMILES string of the molecule is Cc1ccc([C@@H]([NH2+]CC(=O)Nc2ccc(Cl)cc2F)c2ccccc2)cc1. The van der Waals surface area contributed by atoms with Crippen LogP contribution in [0.5, 0.6) is 0 Å². The van der Waals surface area contributed by atoms with Gasteiger partial charge in [-0.3, -0.25) is 4.79 Å². The molecule has 0 aliphatic carbocycles. The molecule has 27 heavy (non-hydrogen) atoms. The summed E-state index contributed by atoms with van der Waals surface area (Å²) >= 11 is 5.74. The van der Waals surface area contributed by atoms with Gasteiger partial charge in [0, 0.05) is 16.1 Å². The van der Waals surface area contributed by atoms with Gasteiger partial charge in [0.2, 0.25) is 0 Å². The molecule has 0 bridgehead atoms. The van der Waals surface area contributed by atoms with E-state index in [9.17, 15) is 9.18 Å². The first kappa shape index (κ1) is 19.1. The van der Waals surface area contributed by atoms with Crippen molar-refractivity contribution >= 4 is 23.2 Å². The van der Waals surface area contributed by atoms with Crippen LogP contribution >= 0.6 is 11.6 Å². The van der Waals surface area contributed by atoms with Gasteiger partial charge in [0.25, 0.3) is 5.91 Å². The average Bonchev–Trinajstić information content (AvgIpc) is 2.66. The first-order valence-corrected chi connectivity index (χ1v) is 9.10. The van der Waals surface area contributed by atoms with Crippen molar-refractivity contribution in [1.82, 2.24) is 0 Å². The third-order valence-corrected chi connectivity index (χ3v) is 4.57. The van der Waals surface area contributed by atoms with Crippen LogP contribution in [0.1, 0.15) is 22.7 Å². The van der Waals surface area contributed by atoms with E-state index >= 15 is 0 Å². The minimum absolute atomic E-state index is 0.0207. The lowest BCUT2D eigenvalue weighted by Crippen LogP contribution is -2.87. The predicted octanol–water partition coefficient (Wildman–Crippen LogP) is 4.08. The summed E-state index contributed by atoms with van der Waals surface area (Å²) in [4.78, 5) is 12.3. The Morgan fingerprint density at radius 3 is 2.37 bits per heavy atom. The number of carbonyl (C=O) groups is 1. The highest BCUT2D eigenvalue weighted by Gasteiger charge is 2.19. The highest BCUT2D eigenvalue weighted by Crippen LogP contribution is 2.20. The van der Waals surface area contributed by atoms with Gasteiger partial charge < -0.3 is 10.6 Å². The molecular formula is C22H21ClFN2O+. The van der Waals surface area contributed by atoms with E-state index in [4.69, 9.17) is 11.6 Å². The number of nitrogens with two attached hydrogens (primary N) is 1. The smallest absolute Gasteiger partial charge is 0.279 e. The van der Waals surface area contributed by atoms with Crippen LogP contribution in [0.3, 0.4) is 0 Å². The molecule has 3 rings (SSSR count). The molecule has 3 aromatic rings. The molecule has 0 aromatic heterocycles. The topological polar surface area (TPSA) is 45.7 Å². The highest BCUT2D eigenvalue weighted by molar-refractivity contribution is 6.30. The maximum atomic E-state index is 13.9. The van der Waals surface area contributed by atoms with Crippen molar-refractivity contribution < 1.29 is 14.5 Å². The maximum Gasteiger partial charge on any atom is 0.279 e. The molecule has 0 aliphatic rings. The molecule has 1 amide bonds. The Labute approximate surface area is 163 Å². The fraction of sp³-hybridized carbons (Fsp3) is 0.136. The molecule has 0 heterocycles. The maximum absolute atomic E-state index is 13.9. The van der Waals surface area contributed by atoms with Gasteiger partial charge in [0.1, 0.15) is 11.9 Å². The summed E-state index contributed by atoms with van der Waals surface area (Å²) < 4.78 is 13.9. The van der Waals surface area contributed by atoms with Crippen molar-refractivity contribution in [3.05, 3.63) is 100 Å². The number of aryl methyl sites for hydroxylation is 1. The van der Waals surface area contributed by atoms with Crippen LogP contribution in [0.15, 0.2) is 72.8 Å². The molecule has 0 spiro atoms. The standard InChI is InChI=1S/C22H20ClFN2O/c1-15-7-9-17(10-8-15)22(16-5-3-2-4-6-16)25-14-21(27)26-20-12-11-18(23)13-19(20)24/h2-13,22,25H,14H2,1H3,(H,26,27)/p+1/t22-/m0/s1. The summed E-state index contributed by atoms with van der Waals surface area (Å²) in [5, 5.41) is 4.84. The summed E-state index contributed by atoms with van der Waals surface area (Å²) in [6, 6.07) is 22.4. The largest absolute Gasteiger partial charge is 0.328 e. The van der Waals surface area contributed by atoms with Gasteiger partial charge in [0.15, 0.2) is 6.54 Å². The van der Waals surface area contributed by atoms with E-state index in [1.807, 2.05) is 42.6 Å². The number of quaternary nitrogens is 1. The summed E-state index contributed by atoms with van der Waals surface area (Å²) in [7, 11) is 0. The number of hydrogen-bond acceptors (Lipinski definition) is 1. The first-order chi connectivity index (χ1) is 13.0. The lowest BCUT2D eigenvalue weighted by atomic mass is 9.98. The molecular weight excluding hydrogens is 363 g/mol. The Kier molecular flexibility index (Phi) is 6.22. The van der Waals surface area contributed by atoms with E-state index < -0.39 is 5.82 Å². The minimum Gasteiger partial charge on any atom is -0.328 e. The molecule has 0 unspecified atom stereocenters. The number of rotatable bonds is 6. The predicted molar refractivity (Wildman–Crippen MR) is 106 cm³/mol. The lowest BCUT2D eigenvalue weighted by Gasteiger charge is -2.17. The van der Waals surface area contributed by atoms with E-state index in [0.29, 0.717) is 5.02 Å². The zero-order chi connectivity index (χ0) is 19.2. The monoisotopic (exact) mass is 383 g/mol. The average molecular weight is 384 g/mol. The normalized spacial score (nSPS) is 11.8. The molecule has 3 nitrogen and oxygen atoms in total. The highest BCUT2D eigenvalue weighted by atomic mass is 35.5. The first-order valence-electron chi connectivity index (χ1n) is 8.72. The molecule has 3 N–H and O–H groups in total. The second-order valence-electron chi connectivity index (χ2n) is 6.41. The van der Waals surface area contributed by atoms with Gasteiger partial charge in [-0.1, -0.05) is 71.8 Å². The van der Waals surface area contributed by atoms with Crippen molar-refractivity contribution in [2.45, 2.75) is 13.0 Å². The van der Waals surface area contributed by atoms with Gasteiger partial charge >= 0.3 is 0 Å². The number of amides is 1. The van der Waals surface area contributed by atoms with E-state index in [1.54, 1.807) is 6.07 Å². The van der Waals surface area contributed by atoms with Crippen molar-refractivity contribution in [3.8, 4) is 0 Å². The fourth-order valence-electron chi connectivity index (χ4n) is 2.92. The molecule has 0 saturated carbocycles. The Balaban J connectivity index is 1.72. The van der Waals surface area contributed by atoms with Crippen LogP contribution in [0.4, 0.5) is 10.1 Å². The van der Waals surface area contributed by atoms with Gasteiger partial charge in [0.05, 0.1) is 5.69 Å². The van der Waals surface area contributed by atoms with Gasteiger partial charge in [-0.25, -0.2) is 4.39 Å². The molecule has 0 radical (unpaired) electrons. The van der Waals surface area contributed by atoms with E-state index in [-0.39, 0.29) is 24.2 Å². The van der Waals surface area contributed by atoms with Crippen molar-refractivity contribution in [2.24, 2.45) is 0 Å². The molecule has 5 heteroatoms. The van der Waals surface area contributed by atoms with Crippen molar-refractivity contribution in [1.29, 1.82) is 0 Å². The molecule has 0 fully saturated rings. The zero-order valence-electron chi connectivity index (χ0n) is 15.0. The van der Waals surface area contributed by atoms with Crippen LogP contribution < -0.4 is 10.6 Å². The summed E-state index contributed by atoms with van der Waals surface area (Å²) in [6.45, 7) is 2.20. The summed E-state index contributed by atoms with van der Waals surface area (Å²) in [5.41, 5.74) is 3.52. The second kappa shape index (κ2) is 8.80. The fourth-order valence-corrected chi connectivity index (χ4v) is 3.07. The van der Waals surface area contributed by atoms with Crippen LogP contribution in [0, 0.1) is 12.7 Å². The number of nitrogens with one attached hydrogen (secondary N) is 1. The van der Waals surface area contributed by atoms with Crippen LogP contribution in [0.2, 0.25) is 5.02 Å². The van der Waals surface area contributed by atoms with Crippen LogP contribution in [-0.4, -0.2) is 12.5 Å². The third kappa shape index (κ3) is 5.16. The van der Waals surface area contributed by atoms with Gasteiger partial charge in [-0.15, -0.1) is 0 Å². The van der Waals surface area contributed by atoms with Crippen molar-refractivity contribution in [3.63, 3.8) is 0 Å². The van der Waals surface area contributed by atoms with E-state index in [1.165, 1.54) is 17.7 Å². The third-order valence-electron chi connectivity index (χ3n) is 4.34. The Morgan fingerprint density at radius 2 is 1.70 bits per heavy atom. The summed E-state index contributed by atoms with van der Waals surface area (Å²) in [6.07, 6.45) is 0. The molecule has 138 valence electrons.